The van der Waals surface area contributed by atoms with Gasteiger partial charge in [-0.3, -0.25) is 0 Å². The first-order valence-corrected chi connectivity index (χ1v) is 4.81. The van der Waals surface area contributed by atoms with Crippen molar-refractivity contribution in [1.29, 1.82) is 0 Å². The fraction of sp³-hybridized carbons (Fsp3) is 0.375. The van der Waals surface area contributed by atoms with Crippen LogP contribution in [0.4, 0.5) is 4.39 Å². The molecule has 1 saturated carbocycles. The van der Waals surface area contributed by atoms with Crippen molar-refractivity contribution in [1.82, 2.24) is 4.98 Å². The Morgan fingerprint density at radius 2 is 2.33 bits per heavy atom. The summed E-state index contributed by atoms with van der Waals surface area (Å²) in [4.78, 5) is 3.51. The third-order valence-corrected chi connectivity index (χ3v) is 2.41. The lowest BCUT2D eigenvalue weighted by molar-refractivity contribution is 0.298. The van der Waals surface area contributed by atoms with Gasteiger partial charge in [-0.05, 0) is 35.4 Å². The zero-order valence-corrected chi connectivity index (χ0v) is 8.42. The minimum atomic E-state index is -0.480. The van der Waals surface area contributed by atoms with Crippen LogP contribution >= 0.6 is 22.6 Å². The molecule has 12 heavy (non-hydrogen) atoms. The van der Waals surface area contributed by atoms with Crippen molar-refractivity contribution < 1.29 is 9.13 Å². The summed E-state index contributed by atoms with van der Waals surface area (Å²) in [6, 6.07) is 1.33. The molecule has 1 aromatic rings. The SMILES string of the molecule is Fc1cc(OC2CC2)c(I)cn1. The van der Waals surface area contributed by atoms with Crippen molar-refractivity contribution in [2.75, 3.05) is 0 Å². The molecule has 2 nitrogen and oxygen atoms in total. The molecule has 0 atom stereocenters. The molecular weight excluding hydrogens is 272 g/mol. The van der Waals surface area contributed by atoms with Crippen LogP contribution in [0.3, 0.4) is 0 Å². The second-order valence-electron chi connectivity index (χ2n) is 2.75. The second kappa shape index (κ2) is 3.16. The predicted octanol–water partition coefficient (Wildman–Crippen LogP) is 2.37. The van der Waals surface area contributed by atoms with Crippen molar-refractivity contribution in [3.8, 4) is 5.75 Å². The normalized spacial score (nSPS) is 16.2. The summed E-state index contributed by atoms with van der Waals surface area (Å²) < 4.78 is 18.9. The van der Waals surface area contributed by atoms with E-state index in [-0.39, 0.29) is 0 Å². The molecule has 1 heterocycles. The van der Waals surface area contributed by atoms with Gasteiger partial charge >= 0.3 is 0 Å². The predicted molar refractivity (Wildman–Crippen MR) is 50.6 cm³/mol. The third-order valence-electron chi connectivity index (χ3n) is 1.60. The topological polar surface area (TPSA) is 22.1 Å². The Bertz CT molecular complexity index is 301. The largest absolute Gasteiger partial charge is 0.489 e. The maximum atomic E-state index is 12.6. The Labute approximate surface area is 83.3 Å². The molecular formula is C8H7FINO. The molecule has 0 aliphatic heterocycles. The summed E-state index contributed by atoms with van der Waals surface area (Å²) in [5.74, 6) is 0.136. The molecule has 0 radical (unpaired) electrons. The van der Waals surface area contributed by atoms with Gasteiger partial charge in [0.1, 0.15) is 5.75 Å². The van der Waals surface area contributed by atoms with Crippen LogP contribution in [0.15, 0.2) is 12.3 Å². The van der Waals surface area contributed by atoms with E-state index in [1.54, 1.807) is 0 Å². The summed E-state index contributed by atoms with van der Waals surface area (Å²) >= 11 is 2.08. The molecule has 0 spiro atoms. The average Bonchev–Trinajstić information content (AvgIpc) is 2.81. The van der Waals surface area contributed by atoms with Gasteiger partial charge in [0, 0.05) is 12.3 Å². The summed E-state index contributed by atoms with van der Waals surface area (Å²) in [5.41, 5.74) is 0. The zero-order chi connectivity index (χ0) is 8.55. The molecule has 2 rings (SSSR count). The number of hydrogen-bond acceptors (Lipinski definition) is 2. The summed E-state index contributed by atoms with van der Waals surface area (Å²) in [6.45, 7) is 0. The number of hydrogen-bond donors (Lipinski definition) is 0. The van der Waals surface area contributed by atoms with Crippen LogP contribution in [0.2, 0.25) is 0 Å². The van der Waals surface area contributed by atoms with Crippen molar-refractivity contribution in [3.05, 3.63) is 21.8 Å². The third kappa shape index (κ3) is 1.85. The number of aromatic nitrogens is 1. The number of rotatable bonds is 2. The molecule has 4 heteroatoms. The van der Waals surface area contributed by atoms with E-state index in [0.29, 0.717) is 11.9 Å². The Morgan fingerprint density at radius 3 is 3.00 bits per heavy atom. The van der Waals surface area contributed by atoms with E-state index in [9.17, 15) is 4.39 Å². The van der Waals surface area contributed by atoms with Crippen molar-refractivity contribution >= 4 is 22.6 Å². The van der Waals surface area contributed by atoms with Crippen LogP contribution in [0.25, 0.3) is 0 Å². The van der Waals surface area contributed by atoms with Gasteiger partial charge in [0.05, 0.1) is 9.67 Å². The number of nitrogens with zero attached hydrogens (tertiary/aromatic N) is 1. The van der Waals surface area contributed by atoms with E-state index in [2.05, 4.69) is 27.6 Å². The van der Waals surface area contributed by atoms with Gasteiger partial charge < -0.3 is 4.74 Å². The van der Waals surface area contributed by atoms with E-state index in [0.717, 1.165) is 16.4 Å². The first kappa shape index (κ1) is 8.22. The van der Waals surface area contributed by atoms with Crippen molar-refractivity contribution in [2.45, 2.75) is 18.9 Å². The van der Waals surface area contributed by atoms with Gasteiger partial charge in [-0.1, -0.05) is 0 Å². The molecule has 0 bridgehead atoms. The minimum absolute atomic E-state index is 0.306. The summed E-state index contributed by atoms with van der Waals surface area (Å²) in [7, 11) is 0. The number of pyridine rings is 1. The Kier molecular flexibility index (Phi) is 2.16. The molecule has 64 valence electrons. The molecule has 0 aromatic carbocycles. The molecule has 1 fully saturated rings. The number of ether oxygens (including phenoxy) is 1. The molecule has 0 unspecified atom stereocenters. The standard InChI is InChI=1S/C8H7FINO/c9-8-3-7(6(10)4-11-8)12-5-1-2-5/h3-5H,1-2H2. The lowest BCUT2D eigenvalue weighted by atomic mass is 10.4. The molecule has 0 N–H and O–H groups in total. The van der Waals surface area contributed by atoms with Crippen LogP contribution in [0, 0.1) is 9.52 Å². The lowest BCUT2D eigenvalue weighted by Gasteiger charge is -2.05. The highest BCUT2D eigenvalue weighted by atomic mass is 127. The van der Waals surface area contributed by atoms with Gasteiger partial charge in [-0.25, -0.2) is 4.98 Å². The fourth-order valence-electron chi connectivity index (χ4n) is 0.852. The van der Waals surface area contributed by atoms with E-state index in [1.165, 1.54) is 12.3 Å². The maximum absolute atomic E-state index is 12.6. The first-order chi connectivity index (χ1) is 5.75. The van der Waals surface area contributed by atoms with E-state index in [1.807, 2.05) is 0 Å². The minimum Gasteiger partial charge on any atom is -0.489 e. The fourth-order valence-corrected chi connectivity index (χ4v) is 1.27. The van der Waals surface area contributed by atoms with E-state index >= 15 is 0 Å². The summed E-state index contributed by atoms with van der Waals surface area (Å²) in [5, 5.41) is 0. The van der Waals surface area contributed by atoms with Gasteiger partial charge in [0.2, 0.25) is 5.95 Å². The van der Waals surface area contributed by atoms with Gasteiger partial charge in [-0.2, -0.15) is 4.39 Å². The van der Waals surface area contributed by atoms with Crippen LogP contribution in [0.1, 0.15) is 12.8 Å². The van der Waals surface area contributed by atoms with Crippen molar-refractivity contribution in [2.24, 2.45) is 0 Å². The Balaban J connectivity index is 2.21. The van der Waals surface area contributed by atoms with Crippen molar-refractivity contribution in [3.63, 3.8) is 0 Å². The number of halogens is 2. The van der Waals surface area contributed by atoms with Crippen LogP contribution < -0.4 is 4.74 Å². The summed E-state index contributed by atoms with van der Waals surface area (Å²) in [6.07, 6.45) is 3.95. The highest BCUT2D eigenvalue weighted by Gasteiger charge is 2.24. The van der Waals surface area contributed by atoms with Gasteiger partial charge in [-0.15, -0.1) is 0 Å². The first-order valence-electron chi connectivity index (χ1n) is 3.73. The van der Waals surface area contributed by atoms with Gasteiger partial charge in [0.15, 0.2) is 0 Å². The van der Waals surface area contributed by atoms with Crippen LogP contribution in [-0.4, -0.2) is 11.1 Å². The highest BCUT2D eigenvalue weighted by Crippen LogP contribution is 2.29. The van der Waals surface area contributed by atoms with E-state index < -0.39 is 5.95 Å². The Morgan fingerprint density at radius 1 is 1.58 bits per heavy atom. The smallest absolute Gasteiger partial charge is 0.216 e. The quantitative estimate of drug-likeness (QED) is 0.612. The average molecular weight is 279 g/mol. The monoisotopic (exact) mass is 279 g/mol. The molecule has 1 aliphatic rings. The maximum Gasteiger partial charge on any atom is 0.216 e. The van der Waals surface area contributed by atoms with Crippen LogP contribution in [-0.2, 0) is 0 Å². The second-order valence-corrected chi connectivity index (χ2v) is 3.92. The lowest BCUT2D eigenvalue weighted by Crippen LogP contribution is -1.99. The molecule has 1 aliphatic carbocycles. The molecule has 0 amide bonds. The molecule has 1 aromatic heterocycles. The highest BCUT2D eigenvalue weighted by molar-refractivity contribution is 14.1. The Hall–Kier alpha value is -0.390. The zero-order valence-electron chi connectivity index (χ0n) is 6.26. The molecule has 0 saturated heterocycles. The van der Waals surface area contributed by atoms with Gasteiger partial charge in [0.25, 0.3) is 0 Å². The van der Waals surface area contributed by atoms with E-state index in [4.69, 9.17) is 4.74 Å². The van der Waals surface area contributed by atoms with Crippen LogP contribution in [0.5, 0.6) is 5.75 Å².